The summed E-state index contributed by atoms with van der Waals surface area (Å²) in [6.45, 7) is 0.287. The molecule has 1 aromatic carbocycles. The second kappa shape index (κ2) is 4.50. The molecular weight excluding hydrogens is 236 g/mol. The molecule has 18 heavy (non-hydrogen) atoms. The number of benzene rings is 1. The van der Waals surface area contributed by atoms with Crippen LogP contribution in [0.25, 0.3) is 0 Å². The van der Waals surface area contributed by atoms with Crippen LogP contribution in [0, 0.1) is 21.4 Å². The minimum absolute atomic E-state index is 0.0555. The van der Waals surface area contributed by atoms with Gasteiger partial charge < -0.3 is 5.73 Å². The number of nitro benzene ring substituents is 1. The Morgan fingerprint density at radius 3 is 2.94 bits per heavy atom. The van der Waals surface area contributed by atoms with Crippen molar-refractivity contribution < 1.29 is 4.92 Å². The van der Waals surface area contributed by atoms with Crippen molar-refractivity contribution in [2.24, 2.45) is 0 Å². The van der Waals surface area contributed by atoms with Crippen LogP contribution in [0.4, 0.5) is 11.4 Å². The van der Waals surface area contributed by atoms with Crippen LogP contribution >= 0.6 is 0 Å². The number of anilines is 1. The molecule has 0 spiro atoms. The molecule has 8 nitrogen and oxygen atoms in total. The van der Waals surface area contributed by atoms with E-state index >= 15 is 0 Å². The van der Waals surface area contributed by atoms with Crippen molar-refractivity contribution in [1.82, 2.24) is 14.8 Å². The van der Waals surface area contributed by atoms with Crippen molar-refractivity contribution in [2.75, 3.05) is 5.73 Å². The van der Waals surface area contributed by atoms with Gasteiger partial charge in [0.1, 0.15) is 18.1 Å². The van der Waals surface area contributed by atoms with E-state index in [4.69, 9.17) is 11.0 Å². The fraction of sp³-hybridized carbons (Fsp3) is 0.100. The summed E-state index contributed by atoms with van der Waals surface area (Å²) in [7, 11) is 0. The van der Waals surface area contributed by atoms with Gasteiger partial charge in [0.05, 0.1) is 11.5 Å². The first kappa shape index (κ1) is 11.5. The molecule has 0 aliphatic carbocycles. The lowest BCUT2D eigenvalue weighted by Crippen LogP contribution is -2.03. The molecule has 90 valence electrons. The van der Waals surface area contributed by atoms with E-state index in [1.807, 2.05) is 0 Å². The average molecular weight is 244 g/mol. The highest BCUT2D eigenvalue weighted by Gasteiger charge is 2.12. The number of hydrogen-bond acceptors (Lipinski definition) is 6. The summed E-state index contributed by atoms with van der Waals surface area (Å²) in [4.78, 5) is 13.9. The van der Waals surface area contributed by atoms with Gasteiger partial charge in [-0.25, -0.2) is 9.67 Å². The van der Waals surface area contributed by atoms with E-state index in [2.05, 4.69) is 10.1 Å². The van der Waals surface area contributed by atoms with Gasteiger partial charge in [0.2, 0.25) is 0 Å². The highest BCUT2D eigenvalue weighted by atomic mass is 16.6. The van der Waals surface area contributed by atoms with E-state index in [0.29, 0.717) is 5.56 Å². The average Bonchev–Trinajstić information content (AvgIpc) is 2.79. The number of nitro groups is 1. The van der Waals surface area contributed by atoms with Crippen molar-refractivity contribution in [3.05, 3.63) is 46.0 Å². The van der Waals surface area contributed by atoms with Crippen molar-refractivity contribution in [3.63, 3.8) is 0 Å². The third-order valence-electron chi connectivity index (χ3n) is 2.27. The Labute approximate surface area is 101 Å². The van der Waals surface area contributed by atoms with Crippen LogP contribution in [0.15, 0.2) is 24.5 Å². The summed E-state index contributed by atoms with van der Waals surface area (Å²) in [5, 5.41) is 23.2. The molecule has 1 aromatic heterocycles. The molecule has 0 aliphatic heterocycles. The van der Waals surface area contributed by atoms with Gasteiger partial charge in [-0.15, -0.1) is 5.10 Å². The summed E-state index contributed by atoms with van der Waals surface area (Å²) in [6, 6.07) is 6.31. The largest absolute Gasteiger partial charge is 0.393 e. The lowest BCUT2D eigenvalue weighted by Gasteiger charge is -2.02. The zero-order chi connectivity index (χ0) is 13.1. The van der Waals surface area contributed by atoms with Gasteiger partial charge in [0.25, 0.3) is 11.5 Å². The van der Waals surface area contributed by atoms with Gasteiger partial charge in [0.15, 0.2) is 0 Å². The minimum Gasteiger partial charge on any atom is -0.393 e. The van der Waals surface area contributed by atoms with E-state index in [0.717, 1.165) is 0 Å². The number of aromatic nitrogens is 3. The predicted octanol–water partition coefficient (Wildman–Crippen LogP) is 0.688. The number of nitrogens with zero attached hydrogens (tertiary/aromatic N) is 5. The Hall–Kier alpha value is -2.95. The van der Waals surface area contributed by atoms with Crippen LogP contribution in [0.3, 0.4) is 0 Å². The SMILES string of the molecule is N#Cc1ncn(Cc2ccc(N)c([N+](=O)[O-])c2)n1. The molecule has 0 saturated carbocycles. The third-order valence-corrected chi connectivity index (χ3v) is 2.27. The van der Waals surface area contributed by atoms with Crippen LogP contribution in [0.2, 0.25) is 0 Å². The molecule has 0 saturated heterocycles. The van der Waals surface area contributed by atoms with Crippen LogP contribution in [0.1, 0.15) is 11.4 Å². The highest BCUT2D eigenvalue weighted by Crippen LogP contribution is 2.22. The molecule has 2 rings (SSSR count). The van der Waals surface area contributed by atoms with Gasteiger partial charge in [-0.2, -0.15) is 5.26 Å². The standard InChI is InChI=1S/C10H8N6O2/c11-4-10-13-6-15(14-10)5-7-1-2-8(12)9(3-7)16(17)18/h1-3,6H,5,12H2. The first-order valence-electron chi connectivity index (χ1n) is 4.92. The van der Waals surface area contributed by atoms with Gasteiger partial charge >= 0.3 is 0 Å². The summed E-state index contributed by atoms with van der Waals surface area (Å²) in [6.07, 6.45) is 1.39. The summed E-state index contributed by atoms with van der Waals surface area (Å²) in [5.74, 6) is 0.0555. The first-order valence-corrected chi connectivity index (χ1v) is 4.92. The predicted molar refractivity (Wildman–Crippen MR) is 61.3 cm³/mol. The maximum atomic E-state index is 10.7. The molecule has 8 heteroatoms. The zero-order valence-corrected chi connectivity index (χ0v) is 9.15. The van der Waals surface area contributed by atoms with Gasteiger partial charge in [-0.1, -0.05) is 6.07 Å². The molecule has 1 heterocycles. The highest BCUT2D eigenvalue weighted by molar-refractivity contribution is 5.59. The molecule has 0 bridgehead atoms. The van der Waals surface area contributed by atoms with E-state index in [1.165, 1.54) is 23.1 Å². The smallest absolute Gasteiger partial charge is 0.292 e. The topological polar surface area (TPSA) is 124 Å². The molecule has 0 fully saturated rings. The van der Waals surface area contributed by atoms with E-state index in [1.54, 1.807) is 12.1 Å². The quantitative estimate of drug-likeness (QED) is 0.481. The first-order chi connectivity index (χ1) is 8.60. The van der Waals surface area contributed by atoms with Gasteiger partial charge in [-0.3, -0.25) is 10.1 Å². The fourth-order valence-corrected chi connectivity index (χ4v) is 1.45. The maximum Gasteiger partial charge on any atom is 0.292 e. The Morgan fingerprint density at radius 1 is 1.56 bits per heavy atom. The lowest BCUT2D eigenvalue weighted by molar-refractivity contribution is -0.384. The molecule has 2 aromatic rings. The number of nitriles is 1. The van der Waals surface area contributed by atoms with Gasteiger partial charge in [0, 0.05) is 6.07 Å². The Morgan fingerprint density at radius 2 is 2.33 bits per heavy atom. The van der Waals surface area contributed by atoms with Crippen LogP contribution in [0.5, 0.6) is 0 Å². The normalized spacial score (nSPS) is 9.94. The van der Waals surface area contributed by atoms with Crippen LogP contribution < -0.4 is 5.73 Å². The van der Waals surface area contributed by atoms with Crippen molar-refractivity contribution in [1.29, 1.82) is 5.26 Å². The molecule has 2 N–H and O–H groups in total. The van der Waals surface area contributed by atoms with Crippen molar-refractivity contribution >= 4 is 11.4 Å². The van der Waals surface area contributed by atoms with E-state index in [9.17, 15) is 10.1 Å². The summed E-state index contributed by atoms with van der Waals surface area (Å²) >= 11 is 0. The van der Waals surface area contributed by atoms with Crippen LogP contribution in [-0.2, 0) is 6.54 Å². The molecule has 0 amide bonds. The Kier molecular flexibility index (Phi) is 2.89. The van der Waals surface area contributed by atoms with Gasteiger partial charge in [-0.05, 0) is 11.6 Å². The zero-order valence-electron chi connectivity index (χ0n) is 9.15. The Bertz CT molecular complexity index is 642. The monoisotopic (exact) mass is 244 g/mol. The van der Waals surface area contributed by atoms with E-state index in [-0.39, 0.29) is 23.7 Å². The number of rotatable bonds is 3. The molecule has 0 radical (unpaired) electrons. The molecule has 0 unspecified atom stereocenters. The summed E-state index contributed by atoms with van der Waals surface area (Å²) in [5.41, 5.74) is 6.11. The summed E-state index contributed by atoms with van der Waals surface area (Å²) < 4.78 is 1.42. The number of hydrogen-bond donors (Lipinski definition) is 1. The Balaban J connectivity index is 2.27. The molecule has 0 atom stereocenters. The lowest BCUT2D eigenvalue weighted by atomic mass is 10.2. The number of nitrogens with two attached hydrogens (primary N) is 1. The van der Waals surface area contributed by atoms with Crippen molar-refractivity contribution in [3.8, 4) is 6.07 Å². The second-order valence-electron chi connectivity index (χ2n) is 3.53. The third kappa shape index (κ3) is 2.25. The molecular formula is C10H8N6O2. The maximum absolute atomic E-state index is 10.7. The molecule has 0 aliphatic rings. The van der Waals surface area contributed by atoms with Crippen LogP contribution in [-0.4, -0.2) is 19.7 Å². The fourth-order valence-electron chi connectivity index (χ4n) is 1.45. The van der Waals surface area contributed by atoms with E-state index < -0.39 is 4.92 Å². The van der Waals surface area contributed by atoms with Crippen molar-refractivity contribution in [2.45, 2.75) is 6.54 Å². The number of nitrogen functional groups attached to an aromatic ring is 1. The second-order valence-corrected chi connectivity index (χ2v) is 3.53. The minimum atomic E-state index is -0.541.